The molecule has 0 saturated heterocycles. The van der Waals surface area contributed by atoms with E-state index in [9.17, 15) is 19.3 Å². The van der Waals surface area contributed by atoms with Crippen molar-refractivity contribution in [3.05, 3.63) is 79.7 Å². The van der Waals surface area contributed by atoms with E-state index in [-0.39, 0.29) is 21.4 Å². The molecule has 0 fully saturated rings. The number of ether oxygens (including phenoxy) is 1. The largest absolute Gasteiger partial charge is 0.466 e. The van der Waals surface area contributed by atoms with Gasteiger partial charge in [0.15, 0.2) is 5.11 Å². The number of allylic oxidation sites excluding steroid dienone is 1. The van der Waals surface area contributed by atoms with Crippen LogP contribution in [0.2, 0.25) is 5.02 Å². The number of nitro groups is 1. The average molecular weight is 450 g/mol. The molecule has 2 aromatic carbocycles. The number of rotatable bonds is 4. The van der Waals surface area contributed by atoms with Gasteiger partial charge in [0.05, 0.1) is 29.3 Å². The molecular formula is C20H17ClFN3O4S. The van der Waals surface area contributed by atoms with Crippen LogP contribution in [0, 0.1) is 22.9 Å². The molecule has 0 aromatic heterocycles. The maximum Gasteiger partial charge on any atom is 0.337 e. The summed E-state index contributed by atoms with van der Waals surface area (Å²) in [7, 11) is 1.22. The first kappa shape index (κ1) is 21.7. The Labute approximate surface area is 182 Å². The van der Waals surface area contributed by atoms with Gasteiger partial charge in [-0.2, -0.15) is 0 Å². The van der Waals surface area contributed by atoms with Crippen molar-refractivity contribution in [3.8, 4) is 0 Å². The number of thiocarbonyl (C=S) groups is 1. The molecule has 0 bridgehead atoms. The normalized spacial score (nSPS) is 16.4. The zero-order chi connectivity index (χ0) is 22.2. The minimum absolute atomic E-state index is 0.148. The molecule has 1 N–H and O–H groups in total. The molecule has 0 saturated carbocycles. The molecule has 30 heavy (non-hydrogen) atoms. The number of methoxy groups -OCH3 is 1. The minimum atomic E-state index is -0.885. The molecule has 1 atom stereocenters. The molecule has 0 aliphatic carbocycles. The molecule has 0 amide bonds. The Morgan fingerprint density at radius 2 is 2.00 bits per heavy atom. The smallest absolute Gasteiger partial charge is 0.337 e. The fourth-order valence-electron chi connectivity index (χ4n) is 3.25. The van der Waals surface area contributed by atoms with Crippen LogP contribution in [0.15, 0.2) is 47.7 Å². The zero-order valence-electron chi connectivity index (χ0n) is 16.2. The number of non-ortho nitro benzene ring substituents is 1. The van der Waals surface area contributed by atoms with Crippen molar-refractivity contribution in [2.24, 2.45) is 0 Å². The molecule has 1 aliphatic heterocycles. The minimum Gasteiger partial charge on any atom is -0.466 e. The van der Waals surface area contributed by atoms with Crippen LogP contribution >= 0.6 is 23.8 Å². The van der Waals surface area contributed by atoms with Crippen LogP contribution in [0.1, 0.15) is 24.1 Å². The van der Waals surface area contributed by atoms with Gasteiger partial charge >= 0.3 is 5.97 Å². The zero-order valence-corrected chi connectivity index (χ0v) is 17.8. The van der Waals surface area contributed by atoms with Crippen molar-refractivity contribution < 1.29 is 18.8 Å². The maximum absolute atomic E-state index is 14.1. The summed E-state index contributed by atoms with van der Waals surface area (Å²) in [4.78, 5) is 24.8. The van der Waals surface area contributed by atoms with Crippen LogP contribution in [-0.4, -0.2) is 23.1 Å². The van der Waals surface area contributed by atoms with Gasteiger partial charge in [-0.25, -0.2) is 9.18 Å². The summed E-state index contributed by atoms with van der Waals surface area (Å²) in [5.41, 5.74) is 1.52. The number of hydrogen-bond acceptors (Lipinski definition) is 5. The van der Waals surface area contributed by atoms with E-state index in [2.05, 4.69) is 5.32 Å². The molecular weight excluding hydrogens is 433 g/mol. The third kappa shape index (κ3) is 3.86. The van der Waals surface area contributed by atoms with Crippen molar-refractivity contribution in [1.29, 1.82) is 0 Å². The summed E-state index contributed by atoms with van der Waals surface area (Å²) in [6.45, 7) is 3.27. The molecule has 10 heteroatoms. The van der Waals surface area contributed by atoms with E-state index in [1.54, 1.807) is 26.0 Å². The van der Waals surface area contributed by atoms with Crippen LogP contribution < -0.4 is 10.2 Å². The Balaban J connectivity index is 2.20. The van der Waals surface area contributed by atoms with Crippen LogP contribution in [-0.2, 0) is 9.53 Å². The van der Waals surface area contributed by atoms with E-state index in [4.69, 9.17) is 28.6 Å². The summed E-state index contributed by atoms with van der Waals surface area (Å²) >= 11 is 11.8. The number of nitrogens with one attached hydrogen (secondary N) is 1. The third-order valence-corrected chi connectivity index (χ3v) is 5.45. The summed E-state index contributed by atoms with van der Waals surface area (Å²) in [6, 6.07) is 7.62. The van der Waals surface area contributed by atoms with E-state index in [1.807, 2.05) is 0 Å². The molecule has 0 radical (unpaired) electrons. The summed E-state index contributed by atoms with van der Waals surface area (Å²) < 4.78 is 19.1. The predicted octanol–water partition coefficient (Wildman–Crippen LogP) is 4.58. The van der Waals surface area contributed by atoms with Crippen molar-refractivity contribution in [2.75, 3.05) is 12.0 Å². The fourth-order valence-corrected chi connectivity index (χ4v) is 3.84. The number of carbonyl (C=O) groups excluding carboxylic acids is 1. The predicted molar refractivity (Wildman–Crippen MR) is 115 cm³/mol. The summed E-state index contributed by atoms with van der Waals surface area (Å²) in [5.74, 6) is -1.10. The first-order valence-electron chi connectivity index (χ1n) is 8.75. The monoisotopic (exact) mass is 449 g/mol. The Bertz CT molecular complexity index is 1110. The Morgan fingerprint density at radius 1 is 1.30 bits per heavy atom. The first-order valence-corrected chi connectivity index (χ1v) is 9.54. The summed E-state index contributed by atoms with van der Waals surface area (Å²) in [6.07, 6.45) is 0. The van der Waals surface area contributed by atoms with Gasteiger partial charge in [0.1, 0.15) is 5.82 Å². The fraction of sp³-hybridized carbons (Fsp3) is 0.200. The highest BCUT2D eigenvalue weighted by atomic mass is 35.5. The molecule has 1 heterocycles. The lowest BCUT2D eigenvalue weighted by Gasteiger charge is -2.37. The number of carbonyl (C=O) groups is 1. The number of aryl methyl sites for hydroxylation is 1. The molecule has 2 aromatic rings. The van der Waals surface area contributed by atoms with Crippen LogP contribution in [0.25, 0.3) is 0 Å². The second-order valence-electron chi connectivity index (χ2n) is 6.60. The van der Waals surface area contributed by atoms with Gasteiger partial charge < -0.3 is 10.1 Å². The van der Waals surface area contributed by atoms with Gasteiger partial charge in [0, 0.05) is 28.4 Å². The molecule has 156 valence electrons. The van der Waals surface area contributed by atoms with Crippen LogP contribution in [0.3, 0.4) is 0 Å². The summed E-state index contributed by atoms with van der Waals surface area (Å²) in [5, 5.41) is 14.6. The average Bonchev–Trinajstić information content (AvgIpc) is 2.69. The highest BCUT2D eigenvalue weighted by molar-refractivity contribution is 7.80. The van der Waals surface area contributed by atoms with Crippen molar-refractivity contribution >= 4 is 46.3 Å². The van der Waals surface area contributed by atoms with Crippen LogP contribution in [0.4, 0.5) is 15.8 Å². The van der Waals surface area contributed by atoms with Crippen molar-refractivity contribution in [3.63, 3.8) is 0 Å². The van der Waals surface area contributed by atoms with E-state index in [1.165, 1.54) is 36.3 Å². The lowest BCUT2D eigenvalue weighted by atomic mass is 9.94. The SMILES string of the molecule is COC(=O)C1=C(C)N(c2ccc(C)c(F)c2)C(=S)NC1c1cc([N+](=O)[O-])ccc1Cl. The van der Waals surface area contributed by atoms with Gasteiger partial charge in [-0.3, -0.25) is 15.0 Å². The number of benzene rings is 2. The molecule has 7 nitrogen and oxygen atoms in total. The number of halogens is 2. The van der Waals surface area contributed by atoms with Gasteiger partial charge in [0.2, 0.25) is 0 Å². The maximum atomic E-state index is 14.1. The number of anilines is 1. The van der Waals surface area contributed by atoms with Gasteiger partial charge in [-0.05, 0) is 49.8 Å². The van der Waals surface area contributed by atoms with E-state index >= 15 is 0 Å². The second kappa shape index (κ2) is 8.37. The molecule has 0 spiro atoms. The first-order chi connectivity index (χ1) is 14.1. The Morgan fingerprint density at radius 3 is 2.60 bits per heavy atom. The molecule has 1 aliphatic rings. The molecule has 3 rings (SSSR count). The number of nitro benzene ring substituents is 1. The second-order valence-corrected chi connectivity index (χ2v) is 7.40. The topological polar surface area (TPSA) is 84.7 Å². The number of nitrogens with zero attached hydrogens (tertiary/aromatic N) is 2. The lowest BCUT2D eigenvalue weighted by Crippen LogP contribution is -2.48. The highest BCUT2D eigenvalue weighted by Gasteiger charge is 2.37. The van der Waals surface area contributed by atoms with Gasteiger partial charge in [-0.15, -0.1) is 0 Å². The number of esters is 1. The quantitative estimate of drug-likeness (QED) is 0.316. The highest BCUT2D eigenvalue weighted by Crippen LogP contribution is 2.38. The number of hydrogen-bond donors (Lipinski definition) is 1. The third-order valence-electron chi connectivity index (χ3n) is 4.81. The lowest BCUT2D eigenvalue weighted by molar-refractivity contribution is -0.384. The van der Waals surface area contributed by atoms with E-state index < -0.39 is 22.8 Å². The van der Waals surface area contributed by atoms with Crippen LogP contribution in [0.5, 0.6) is 0 Å². The van der Waals surface area contributed by atoms with Gasteiger partial charge in [-0.1, -0.05) is 17.7 Å². The van der Waals surface area contributed by atoms with E-state index in [0.29, 0.717) is 22.5 Å². The molecule has 1 unspecified atom stereocenters. The van der Waals surface area contributed by atoms with Crippen molar-refractivity contribution in [1.82, 2.24) is 5.32 Å². The Kier molecular flexibility index (Phi) is 6.04. The van der Waals surface area contributed by atoms with Gasteiger partial charge in [0.25, 0.3) is 5.69 Å². The standard InChI is InChI=1S/C20H17ClFN3O4S/c1-10-4-5-12(9-16(10)22)24-11(2)17(19(26)29-3)18(23-20(24)30)14-8-13(25(27)28)6-7-15(14)21/h4-9,18H,1-3H3,(H,23,30). The van der Waals surface area contributed by atoms with E-state index in [0.717, 1.165) is 0 Å². The Hall–Kier alpha value is -3.04. The van der Waals surface area contributed by atoms with Crippen molar-refractivity contribution in [2.45, 2.75) is 19.9 Å².